The average molecular weight is 312 g/mol. The monoisotopic (exact) mass is 312 g/mol. The minimum atomic E-state index is -3.34. The number of hydrogen-bond acceptors (Lipinski definition) is 4. The van der Waals surface area contributed by atoms with Crippen LogP contribution in [0.2, 0.25) is 0 Å². The molecule has 0 aliphatic carbocycles. The molecule has 0 bridgehead atoms. The Bertz CT molecular complexity index is 590. The lowest BCUT2D eigenvalue weighted by Crippen LogP contribution is -2.45. The predicted molar refractivity (Wildman–Crippen MR) is 83.2 cm³/mol. The standard InChI is InChI=1S/C14H24N4O2S/c1-10-11(2)15-12(3)18-9-13(8-14(10)18)16-21(19,20)17-6-4-5-7-17/h11,13,16H,4-9H2,1-3H3. The van der Waals surface area contributed by atoms with Gasteiger partial charge in [-0.15, -0.1) is 0 Å². The van der Waals surface area contributed by atoms with Crippen LogP contribution in [0.5, 0.6) is 0 Å². The van der Waals surface area contributed by atoms with Crippen LogP contribution in [0, 0.1) is 0 Å². The second-order valence-electron chi connectivity index (χ2n) is 6.22. The highest BCUT2D eigenvalue weighted by molar-refractivity contribution is 7.87. The Labute approximate surface area is 127 Å². The van der Waals surface area contributed by atoms with Crippen molar-refractivity contribution in [3.63, 3.8) is 0 Å². The Kier molecular flexibility index (Phi) is 3.83. The second-order valence-corrected chi connectivity index (χ2v) is 7.92. The van der Waals surface area contributed by atoms with Gasteiger partial charge in [0.1, 0.15) is 5.84 Å². The summed E-state index contributed by atoms with van der Waals surface area (Å²) in [6.07, 6.45) is 2.69. The van der Waals surface area contributed by atoms with Crippen LogP contribution in [0.1, 0.15) is 40.0 Å². The fraction of sp³-hybridized carbons (Fsp3) is 0.786. The normalized spacial score (nSPS) is 30.8. The first kappa shape index (κ1) is 15.0. The molecule has 6 nitrogen and oxygen atoms in total. The molecule has 3 heterocycles. The Morgan fingerprint density at radius 3 is 2.57 bits per heavy atom. The lowest BCUT2D eigenvalue weighted by Gasteiger charge is -2.28. The van der Waals surface area contributed by atoms with Crippen molar-refractivity contribution in [2.45, 2.75) is 52.1 Å². The smallest absolute Gasteiger partial charge is 0.279 e. The van der Waals surface area contributed by atoms with E-state index in [1.165, 1.54) is 11.3 Å². The molecule has 0 saturated carbocycles. The van der Waals surface area contributed by atoms with Crippen LogP contribution in [0.25, 0.3) is 0 Å². The van der Waals surface area contributed by atoms with Crippen molar-refractivity contribution in [3.05, 3.63) is 11.3 Å². The average Bonchev–Trinajstić information content (AvgIpc) is 3.04. The number of aliphatic imine (C=N–C) groups is 1. The van der Waals surface area contributed by atoms with Gasteiger partial charge in [-0.1, -0.05) is 0 Å². The van der Waals surface area contributed by atoms with E-state index in [0.29, 0.717) is 19.6 Å². The highest BCUT2D eigenvalue weighted by Gasteiger charge is 2.36. The molecule has 2 saturated heterocycles. The van der Waals surface area contributed by atoms with Crippen molar-refractivity contribution in [2.24, 2.45) is 4.99 Å². The van der Waals surface area contributed by atoms with Crippen molar-refractivity contribution in [1.82, 2.24) is 13.9 Å². The van der Waals surface area contributed by atoms with Crippen LogP contribution in [0.15, 0.2) is 16.3 Å². The maximum Gasteiger partial charge on any atom is 0.279 e. The maximum atomic E-state index is 12.4. The maximum absolute atomic E-state index is 12.4. The van der Waals surface area contributed by atoms with Gasteiger partial charge in [0.15, 0.2) is 0 Å². The number of rotatable bonds is 3. The van der Waals surface area contributed by atoms with Gasteiger partial charge in [0.25, 0.3) is 10.2 Å². The number of amidine groups is 1. The summed E-state index contributed by atoms with van der Waals surface area (Å²) in [5.41, 5.74) is 2.49. The zero-order valence-electron chi connectivity index (χ0n) is 13.0. The summed E-state index contributed by atoms with van der Waals surface area (Å²) < 4.78 is 29.2. The Morgan fingerprint density at radius 2 is 1.90 bits per heavy atom. The predicted octanol–water partition coefficient (Wildman–Crippen LogP) is 1.09. The summed E-state index contributed by atoms with van der Waals surface area (Å²) in [5, 5.41) is 0. The molecule has 0 aromatic carbocycles. The molecule has 3 rings (SSSR count). The van der Waals surface area contributed by atoms with Gasteiger partial charge < -0.3 is 4.90 Å². The van der Waals surface area contributed by atoms with E-state index in [4.69, 9.17) is 0 Å². The van der Waals surface area contributed by atoms with E-state index >= 15 is 0 Å². The van der Waals surface area contributed by atoms with Crippen LogP contribution >= 0.6 is 0 Å². The first-order valence-electron chi connectivity index (χ1n) is 7.67. The summed E-state index contributed by atoms with van der Waals surface area (Å²) in [4.78, 5) is 6.77. The van der Waals surface area contributed by atoms with E-state index in [1.807, 2.05) is 6.92 Å². The topological polar surface area (TPSA) is 65.0 Å². The minimum Gasteiger partial charge on any atom is -0.332 e. The third-order valence-corrected chi connectivity index (χ3v) is 6.42. The molecule has 1 N–H and O–H groups in total. The molecule has 3 aliphatic heterocycles. The van der Waals surface area contributed by atoms with E-state index in [9.17, 15) is 8.42 Å². The Morgan fingerprint density at radius 1 is 1.24 bits per heavy atom. The first-order chi connectivity index (χ1) is 9.88. The van der Waals surface area contributed by atoms with Crippen molar-refractivity contribution in [1.29, 1.82) is 0 Å². The van der Waals surface area contributed by atoms with E-state index < -0.39 is 10.2 Å². The highest BCUT2D eigenvalue weighted by Crippen LogP contribution is 2.31. The van der Waals surface area contributed by atoms with Crippen LogP contribution in [-0.2, 0) is 10.2 Å². The molecule has 2 unspecified atom stereocenters. The number of hydrogen-bond donors (Lipinski definition) is 1. The van der Waals surface area contributed by atoms with Gasteiger partial charge in [0, 0.05) is 37.8 Å². The number of fused-ring (bicyclic) bond motifs is 1. The summed E-state index contributed by atoms with van der Waals surface area (Å²) in [5.74, 6) is 0.992. The summed E-state index contributed by atoms with van der Waals surface area (Å²) in [6, 6.07) is 0.140. The number of nitrogens with one attached hydrogen (secondary N) is 1. The van der Waals surface area contributed by atoms with Crippen LogP contribution in [0.4, 0.5) is 0 Å². The van der Waals surface area contributed by atoms with Crippen LogP contribution in [-0.4, -0.2) is 55.2 Å². The molecule has 118 valence electrons. The van der Waals surface area contributed by atoms with E-state index in [-0.39, 0.29) is 12.1 Å². The summed E-state index contributed by atoms with van der Waals surface area (Å²) in [6.45, 7) is 8.16. The lowest BCUT2D eigenvalue weighted by atomic mass is 10.0. The van der Waals surface area contributed by atoms with Crippen molar-refractivity contribution in [3.8, 4) is 0 Å². The third-order valence-electron chi connectivity index (χ3n) is 4.74. The summed E-state index contributed by atoms with van der Waals surface area (Å²) in [7, 11) is -3.34. The summed E-state index contributed by atoms with van der Waals surface area (Å²) >= 11 is 0. The quantitative estimate of drug-likeness (QED) is 0.848. The molecule has 0 aromatic rings. The molecule has 0 radical (unpaired) electrons. The van der Waals surface area contributed by atoms with Crippen LogP contribution in [0.3, 0.4) is 0 Å². The first-order valence-corrected chi connectivity index (χ1v) is 9.11. The fourth-order valence-corrected chi connectivity index (χ4v) is 4.89. The van der Waals surface area contributed by atoms with Crippen molar-refractivity contribution >= 4 is 16.0 Å². The Balaban J connectivity index is 1.74. The minimum absolute atomic E-state index is 0.0593. The van der Waals surface area contributed by atoms with Gasteiger partial charge >= 0.3 is 0 Å². The van der Waals surface area contributed by atoms with Crippen molar-refractivity contribution < 1.29 is 8.42 Å². The van der Waals surface area contributed by atoms with Gasteiger partial charge in [-0.25, -0.2) is 0 Å². The van der Waals surface area contributed by atoms with E-state index in [1.54, 1.807) is 4.31 Å². The fourth-order valence-electron chi connectivity index (χ4n) is 3.42. The van der Waals surface area contributed by atoms with Gasteiger partial charge in [0.2, 0.25) is 0 Å². The van der Waals surface area contributed by atoms with Crippen molar-refractivity contribution in [2.75, 3.05) is 19.6 Å². The molecule has 0 aromatic heterocycles. The van der Waals surface area contributed by atoms with Gasteiger partial charge in [0.05, 0.1) is 6.04 Å². The molecule has 2 atom stereocenters. The largest absolute Gasteiger partial charge is 0.332 e. The molecule has 0 amide bonds. The zero-order chi connectivity index (χ0) is 15.2. The molecule has 3 aliphatic rings. The zero-order valence-corrected chi connectivity index (χ0v) is 13.8. The van der Waals surface area contributed by atoms with Gasteiger partial charge in [-0.3, -0.25) is 4.99 Å². The van der Waals surface area contributed by atoms with E-state index in [2.05, 4.69) is 28.5 Å². The molecule has 2 fully saturated rings. The molecular weight excluding hydrogens is 288 g/mol. The second kappa shape index (κ2) is 5.37. The lowest BCUT2D eigenvalue weighted by molar-refractivity contribution is 0.448. The Hall–Kier alpha value is -0.920. The van der Waals surface area contributed by atoms with Crippen LogP contribution < -0.4 is 4.72 Å². The molecule has 0 spiro atoms. The van der Waals surface area contributed by atoms with E-state index in [0.717, 1.165) is 25.1 Å². The molecule has 21 heavy (non-hydrogen) atoms. The number of nitrogens with zero attached hydrogens (tertiary/aromatic N) is 3. The highest BCUT2D eigenvalue weighted by atomic mass is 32.2. The van der Waals surface area contributed by atoms with Gasteiger partial charge in [-0.2, -0.15) is 17.4 Å². The molecule has 7 heteroatoms. The SMILES string of the molecule is CC1=NC(C)C(C)=C2CC(NS(=O)(=O)N3CCCC3)CN12. The molecular formula is C14H24N4O2S. The third kappa shape index (κ3) is 2.74. The van der Waals surface area contributed by atoms with Gasteiger partial charge in [-0.05, 0) is 39.2 Å².